The van der Waals surface area contributed by atoms with Gasteiger partial charge in [0.1, 0.15) is 0 Å². The molecule has 1 aromatic carbocycles. The Morgan fingerprint density at radius 1 is 1.50 bits per heavy atom. The molecule has 2 N–H and O–H groups in total. The SMILES string of the molecule is CN(CCOCC1CC1)C(=O)c1cccc(N)c1. The van der Waals surface area contributed by atoms with Crippen LogP contribution in [0.2, 0.25) is 0 Å². The summed E-state index contributed by atoms with van der Waals surface area (Å²) in [6, 6.07) is 7.04. The Bertz CT molecular complexity index is 416. The second-order valence-corrected chi connectivity index (χ2v) is 4.87. The summed E-state index contributed by atoms with van der Waals surface area (Å²) in [4.78, 5) is 13.7. The van der Waals surface area contributed by atoms with Crippen LogP contribution in [0.5, 0.6) is 0 Å². The molecule has 2 rings (SSSR count). The fourth-order valence-corrected chi connectivity index (χ4v) is 1.73. The van der Waals surface area contributed by atoms with Crippen molar-refractivity contribution in [2.45, 2.75) is 12.8 Å². The number of amides is 1. The van der Waals surface area contributed by atoms with Crippen LogP contribution in [0, 0.1) is 5.92 Å². The number of hydrogen-bond acceptors (Lipinski definition) is 3. The van der Waals surface area contributed by atoms with Crippen LogP contribution in [0.3, 0.4) is 0 Å². The lowest BCUT2D eigenvalue weighted by Gasteiger charge is -2.17. The van der Waals surface area contributed by atoms with Gasteiger partial charge in [-0.1, -0.05) is 6.07 Å². The lowest BCUT2D eigenvalue weighted by molar-refractivity contribution is 0.0681. The predicted octanol–water partition coefficient (Wildman–Crippen LogP) is 1.77. The molecule has 0 atom stereocenters. The first kappa shape index (κ1) is 12.9. The lowest BCUT2D eigenvalue weighted by Crippen LogP contribution is -2.30. The molecular weight excluding hydrogens is 228 g/mol. The molecule has 0 heterocycles. The quantitative estimate of drug-likeness (QED) is 0.616. The third-order valence-electron chi connectivity index (χ3n) is 3.10. The molecule has 4 nitrogen and oxygen atoms in total. The van der Waals surface area contributed by atoms with Crippen molar-refractivity contribution in [3.8, 4) is 0 Å². The number of carbonyl (C=O) groups excluding carboxylic acids is 1. The highest BCUT2D eigenvalue weighted by Gasteiger charge is 2.21. The van der Waals surface area contributed by atoms with Crippen LogP contribution in [-0.4, -0.2) is 37.6 Å². The molecule has 0 radical (unpaired) electrons. The second kappa shape index (κ2) is 5.87. The van der Waals surface area contributed by atoms with Gasteiger partial charge in [0.25, 0.3) is 5.91 Å². The second-order valence-electron chi connectivity index (χ2n) is 4.87. The molecule has 0 unspecified atom stereocenters. The van der Waals surface area contributed by atoms with Crippen LogP contribution < -0.4 is 5.73 Å². The van der Waals surface area contributed by atoms with Gasteiger partial charge in [0.15, 0.2) is 0 Å². The van der Waals surface area contributed by atoms with Crippen LogP contribution in [0.4, 0.5) is 5.69 Å². The third-order valence-corrected chi connectivity index (χ3v) is 3.10. The van der Waals surface area contributed by atoms with Gasteiger partial charge in [0.2, 0.25) is 0 Å². The van der Waals surface area contributed by atoms with Crippen molar-refractivity contribution in [2.75, 3.05) is 32.5 Å². The van der Waals surface area contributed by atoms with E-state index < -0.39 is 0 Å². The van der Waals surface area contributed by atoms with Crippen molar-refractivity contribution in [1.82, 2.24) is 4.90 Å². The van der Waals surface area contributed by atoms with Crippen molar-refractivity contribution < 1.29 is 9.53 Å². The molecular formula is C14H20N2O2. The fraction of sp³-hybridized carbons (Fsp3) is 0.500. The first-order valence-corrected chi connectivity index (χ1v) is 6.35. The van der Waals surface area contributed by atoms with Crippen molar-refractivity contribution >= 4 is 11.6 Å². The molecule has 0 aromatic heterocycles. The minimum atomic E-state index is -0.0164. The zero-order valence-electron chi connectivity index (χ0n) is 10.8. The van der Waals surface area contributed by atoms with Gasteiger partial charge in [0.05, 0.1) is 6.61 Å². The maximum absolute atomic E-state index is 12.1. The maximum Gasteiger partial charge on any atom is 0.253 e. The van der Waals surface area contributed by atoms with Gasteiger partial charge in [0, 0.05) is 31.5 Å². The predicted molar refractivity (Wildman–Crippen MR) is 71.4 cm³/mol. The Balaban J connectivity index is 1.76. The van der Waals surface area contributed by atoms with Gasteiger partial charge in [-0.15, -0.1) is 0 Å². The van der Waals surface area contributed by atoms with Gasteiger partial charge in [-0.2, -0.15) is 0 Å². The highest BCUT2D eigenvalue weighted by molar-refractivity contribution is 5.94. The summed E-state index contributed by atoms with van der Waals surface area (Å²) in [7, 11) is 1.78. The first-order chi connectivity index (χ1) is 8.66. The molecule has 1 amide bonds. The summed E-state index contributed by atoms with van der Waals surface area (Å²) < 4.78 is 5.52. The number of nitrogens with two attached hydrogens (primary N) is 1. The molecule has 1 aromatic rings. The number of likely N-dealkylation sites (N-methyl/N-ethyl adjacent to an activating group) is 1. The average molecular weight is 248 g/mol. The smallest absolute Gasteiger partial charge is 0.253 e. The van der Waals surface area contributed by atoms with Crippen LogP contribution in [-0.2, 0) is 4.74 Å². The molecule has 0 aliphatic heterocycles. The van der Waals surface area contributed by atoms with Gasteiger partial charge < -0.3 is 15.4 Å². The number of nitrogens with zero attached hydrogens (tertiary/aromatic N) is 1. The van der Waals surface area contributed by atoms with Gasteiger partial charge in [-0.3, -0.25) is 4.79 Å². The van der Waals surface area contributed by atoms with Crippen molar-refractivity contribution in [3.63, 3.8) is 0 Å². The number of benzene rings is 1. The summed E-state index contributed by atoms with van der Waals surface area (Å²) in [5.74, 6) is 0.747. The van der Waals surface area contributed by atoms with E-state index in [2.05, 4.69) is 0 Å². The Morgan fingerprint density at radius 2 is 2.28 bits per heavy atom. The number of nitrogen functional groups attached to an aromatic ring is 1. The number of ether oxygens (including phenoxy) is 1. The zero-order valence-corrected chi connectivity index (χ0v) is 10.8. The summed E-state index contributed by atoms with van der Waals surface area (Å²) in [5.41, 5.74) is 6.90. The Hall–Kier alpha value is -1.55. The monoisotopic (exact) mass is 248 g/mol. The van der Waals surface area contributed by atoms with Crippen molar-refractivity contribution in [3.05, 3.63) is 29.8 Å². The molecule has 98 valence electrons. The molecule has 4 heteroatoms. The summed E-state index contributed by atoms with van der Waals surface area (Å²) in [5, 5.41) is 0. The van der Waals surface area contributed by atoms with E-state index in [1.807, 2.05) is 0 Å². The van der Waals surface area contributed by atoms with Crippen LogP contribution >= 0.6 is 0 Å². The van der Waals surface area contributed by atoms with Gasteiger partial charge in [-0.25, -0.2) is 0 Å². The van der Waals surface area contributed by atoms with E-state index in [-0.39, 0.29) is 5.91 Å². The zero-order chi connectivity index (χ0) is 13.0. The molecule has 1 aliphatic carbocycles. The topological polar surface area (TPSA) is 55.6 Å². The number of hydrogen-bond donors (Lipinski definition) is 1. The van der Waals surface area contributed by atoms with E-state index in [4.69, 9.17) is 10.5 Å². The summed E-state index contributed by atoms with van der Waals surface area (Å²) >= 11 is 0. The molecule has 1 saturated carbocycles. The van der Waals surface area contributed by atoms with E-state index in [1.165, 1.54) is 12.8 Å². The van der Waals surface area contributed by atoms with Crippen molar-refractivity contribution in [1.29, 1.82) is 0 Å². The number of rotatable bonds is 6. The Morgan fingerprint density at radius 3 is 2.94 bits per heavy atom. The summed E-state index contributed by atoms with van der Waals surface area (Å²) in [6.45, 7) is 2.04. The molecule has 0 spiro atoms. The van der Waals surface area contributed by atoms with E-state index in [9.17, 15) is 4.79 Å². The van der Waals surface area contributed by atoms with E-state index >= 15 is 0 Å². The van der Waals surface area contributed by atoms with Gasteiger partial charge in [-0.05, 0) is 37.0 Å². The number of anilines is 1. The molecule has 18 heavy (non-hydrogen) atoms. The highest BCUT2D eigenvalue weighted by Crippen LogP contribution is 2.28. The van der Waals surface area contributed by atoms with E-state index in [0.717, 1.165) is 12.5 Å². The Labute approximate surface area is 108 Å². The first-order valence-electron chi connectivity index (χ1n) is 6.35. The molecule has 1 fully saturated rings. The minimum absolute atomic E-state index is 0.0164. The fourth-order valence-electron chi connectivity index (χ4n) is 1.73. The van der Waals surface area contributed by atoms with Crippen LogP contribution in [0.1, 0.15) is 23.2 Å². The van der Waals surface area contributed by atoms with E-state index in [0.29, 0.717) is 24.4 Å². The summed E-state index contributed by atoms with van der Waals surface area (Å²) in [6.07, 6.45) is 2.58. The van der Waals surface area contributed by atoms with Crippen LogP contribution in [0.25, 0.3) is 0 Å². The Kier molecular flexibility index (Phi) is 4.20. The maximum atomic E-state index is 12.1. The normalized spacial score (nSPS) is 14.5. The highest BCUT2D eigenvalue weighted by atomic mass is 16.5. The minimum Gasteiger partial charge on any atom is -0.399 e. The molecule has 0 saturated heterocycles. The third kappa shape index (κ3) is 3.74. The van der Waals surface area contributed by atoms with Crippen molar-refractivity contribution in [2.24, 2.45) is 5.92 Å². The molecule has 0 bridgehead atoms. The lowest BCUT2D eigenvalue weighted by atomic mass is 10.2. The van der Waals surface area contributed by atoms with Gasteiger partial charge >= 0.3 is 0 Å². The molecule has 1 aliphatic rings. The van der Waals surface area contributed by atoms with Crippen LogP contribution in [0.15, 0.2) is 24.3 Å². The van der Waals surface area contributed by atoms with E-state index in [1.54, 1.807) is 36.2 Å². The average Bonchev–Trinajstić information content (AvgIpc) is 3.17. The number of carbonyl (C=O) groups is 1. The standard InChI is InChI=1S/C14H20N2O2/c1-16(7-8-18-10-11-5-6-11)14(17)12-3-2-4-13(15)9-12/h2-4,9,11H,5-8,10,15H2,1H3. The largest absolute Gasteiger partial charge is 0.399 e.